The maximum Gasteiger partial charge on any atom is 0.407 e. The van der Waals surface area contributed by atoms with E-state index in [2.05, 4.69) is 10.6 Å². The molecule has 0 saturated heterocycles. The predicted octanol–water partition coefficient (Wildman–Crippen LogP) is 4.53. The van der Waals surface area contributed by atoms with Crippen LogP contribution in [0.25, 0.3) is 0 Å². The monoisotopic (exact) mass is 448 g/mol. The number of rotatable bonds is 8. The predicted molar refractivity (Wildman–Crippen MR) is 116 cm³/mol. The minimum absolute atomic E-state index is 0.0439. The fourth-order valence-electron chi connectivity index (χ4n) is 2.26. The molecule has 0 bridgehead atoms. The summed E-state index contributed by atoms with van der Waals surface area (Å²) in [6, 6.07) is 13.7. The fourth-order valence-corrected chi connectivity index (χ4v) is 2.43. The van der Waals surface area contributed by atoms with Gasteiger partial charge in [0.1, 0.15) is 17.1 Å². The largest absolute Gasteiger partial charge is 0.456 e. The molecule has 9 heteroatoms. The number of nitrogens with one attached hydrogen (secondary N) is 2. The Labute approximate surface area is 185 Å². The Bertz CT molecular complexity index is 909. The summed E-state index contributed by atoms with van der Waals surface area (Å²) in [4.78, 5) is 35.1. The number of carbonyl (C=O) groups excluding carboxylic acids is 3. The van der Waals surface area contributed by atoms with Gasteiger partial charge in [-0.1, -0.05) is 23.7 Å². The molecule has 2 N–H and O–H groups in total. The smallest absolute Gasteiger partial charge is 0.407 e. The summed E-state index contributed by atoms with van der Waals surface area (Å²) in [6.45, 7) is 4.81. The molecule has 2 amide bonds. The van der Waals surface area contributed by atoms with Gasteiger partial charge >= 0.3 is 12.1 Å². The fraction of sp³-hybridized carbons (Fsp3) is 0.318. The van der Waals surface area contributed by atoms with Crippen LogP contribution in [0.1, 0.15) is 27.2 Å². The van der Waals surface area contributed by atoms with Crippen molar-refractivity contribution in [1.82, 2.24) is 5.32 Å². The zero-order chi connectivity index (χ0) is 22.9. The van der Waals surface area contributed by atoms with Gasteiger partial charge in [-0.3, -0.25) is 9.59 Å². The normalized spacial score (nSPS) is 10.7. The van der Waals surface area contributed by atoms with Gasteiger partial charge < -0.3 is 24.8 Å². The lowest BCUT2D eigenvalue weighted by Gasteiger charge is -2.19. The second-order valence-electron chi connectivity index (χ2n) is 7.44. The highest BCUT2D eigenvalue weighted by Gasteiger charge is 2.16. The maximum atomic E-state index is 11.9. The molecule has 0 atom stereocenters. The Morgan fingerprint density at radius 2 is 1.68 bits per heavy atom. The lowest BCUT2D eigenvalue weighted by atomic mass is 10.2. The third kappa shape index (κ3) is 9.39. The average Bonchev–Trinajstić information content (AvgIpc) is 2.68. The van der Waals surface area contributed by atoms with E-state index in [1.165, 1.54) is 0 Å². The summed E-state index contributed by atoms with van der Waals surface area (Å²) in [5.41, 5.74) is -0.110. The van der Waals surface area contributed by atoms with Crippen LogP contribution in [-0.2, 0) is 19.1 Å². The van der Waals surface area contributed by atoms with Crippen LogP contribution in [0.5, 0.6) is 11.5 Å². The van der Waals surface area contributed by atoms with E-state index >= 15 is 0 Å². The third-order valence-electron chi connectivity index (χ3n) is 3.56. The molecule has 0 aliphatic rings. The van der Waals surface area contributed by atoms with Crippen LogP contribution >= 0.6 is 11.6 Å². The first-order valence-electron chi connectivity index (χ1n) is 9.57. The van der Waals surface area contributed by atoms with Crippen molar-refractivity contribution >= 4 is 35.3 Å². The van der Waals surface area contributed by atoms with Gasteiger partial charge in [-0.15, -0.1) is 0 Å². The number of anilines is 1. The van der Waals surface area contributed by atoms with E-state index in [0.29, 0.717) is 22.2 Å². The van der Waals surface area contributed by atoms with Crippen LogP contribution < -0.4 is 15.4 Å². The van der Waals surface area contributed by atoms with Gasteiger partial charge in [-0.2, -0.15) is 0 Å². The topological polar surface area (TPSA) is 103 Å². The van der Waals surface area contributed by atoms with Gasteiger partial charge in [0.25, 0.3) is 5.91 Å². The van der Waals surface area contributed by atoms with E-state index < -0.39 is 30.2 Å². The number of amides is 2. The molecule has 8 nitrogen and oxygen atoms in total. The van der Waals surface area contributed by atoms with Gasteiger partial charge in [0.05, 0.1) is 11.4 Å². The summed E-state index contributed by atoms with van der Waals surface area (Å²) < 4.78 is 15.6. The lowest BCUT2D eigenvalue weighted by Crippen LogP contribution is -2.34. The SMILES string of the molecule is CC(C)(C)OC(=O)NCCC(=O)OCC(=O)Nc1ccc(Oc2ccccc2Cl)cc1. The number of hydrogen-bond donors (Lipinski definition) is 2. The molecule has 0 radical (unpaired) electrons. The molecule has 0 aliphatic carbocycles. The van der Waals surface area contributed by atoms with Gasteiger partial charge in [0, 0.05) is 12.2 Å². The number of halogens is 1. The first kappa shape index (κ1) is 24.0. The summed E-state index contributed by atoms with van der Waals surface area (Å²) in [5, 5.41) is 5.54. The Morgan fingerprint density at radius 3 is 2.32 bits per heavy atom. The molecule has 31 heavy (non-hydrogen) atoms. The van der Waals surface area contributed by atoms with Crippen molar-refractivity contribution in [3.05, 3.63) is 53.6 Å². The number of para-hydroxylation sites is 1. The zero-order valence-corrected chi connectivity index (χ0v) is 18.3. The molecule has 2 aromatic carbocycles. The van der Waals surface area contributed by atoms with Crippen molar-refractivity contribution in [3.63, 3.8) is 0 Å². The Hall–Kier alpha value is -3.26. The molecule has 0 aromatic heterocycles. The van der Waals surface area contributed by atoms with Gasteiger partial charge in [-0.05, 0) is 57.2 Å². The molecule has 0 saturated carbocycles. The molecular formula is C22H25ClN2O6. The number of ether oxygens (including phenoxy) is 3. The highest BCUT2D eigenvalue weighted by molar-refractivity contribution is 6.32. The molecular weight excluding hydrogens is 424 g/mol. The standard InChI is InChI=1S/C22H25ClN2O6/c1-22(2,3)31-21(28)24-13-12-20(27)29-14-19(26)25-15-8-10-16(11-9-15)30-18-7-5-4-6-17(18)23/h4-11H,12-14H2,1-3H3,(H,24,28)(H,25,26). The second-order valence-corrected chi connectivity index (χ2v) is 7.85. The lowest BCUT2D eigenvalue weighted by molar-refractivity contribution is -0.147. The number of benzene rings is 2. The molecule has 2 rings (SSSR count). The maximum absolute atomic E-state index is 11.9. The second kappa shape index (κ2) is 11.2. The average molecular weight is 449 g/mol. The van der Waals surface area contributed by atoms with Crippen LogP contribution in [0.4, 0.5) is 10.5 Å². The highest BCUT2D eigenvalue weighted by atomic mass is 35.5. The van der Waals surface area contributed by atoms with Crippen LogP contribution in [-0.4, -0.2) is 36.7 Å². The van der Waals surface area contributed by atoms with E-state index in [4.69, 9.17) is 25.8 Å². The number of esters is 1. The molecule has 0 heterocycles. The molecule has 166 valence electrons. The Morgan fingerprint density at radius 1 is 1.00 bits per heavy atom. The van der Waals surface area contributed by atoms with E-state index in [0.717, 1.165) is 0 Å². The minimum atomic E-state index is -0.625. The van der Waals surface area contributed by atoms with E-state index in [1.54, 1.807) is 63.2 Å². The van der Waals surface area contributed by atoms with Crippen molar-refractivity contribution in [2.45, 2.75) is 32.8 Å². The van der Waals surface area contributed by atoms with Crippen LogP contribution in [0.2, 0.25) is 5.02 Å². The van der Waals surface area contributed by atoms with Crippen LogP contribution in [0.3, 0.4) is 0 Å². The molecule has 2 aromatic rings. The molecule has 0 aliphatic heterocycles. The summed E-state index contributed by atoms with van der Waals surface area (Å²) >= 11 is 6.06. The molecule has 0 unspecified atom stereocenters. The van der Waals surface area contributed by atoms with Gasteiger partial charge in [0.2, 0.25) is 0 Å². The molecule has 0 fully saturated rings. The van der Waals surface area contributed by atoms with Crippen molar-refractivity contribution in [1.29, 1.82) is 0 Å². The van der Waals surface area contributed by atoms with Crippen molar-refractivity contribution in [3.8, 4) is 11.5 Å². The zero-order valence-electron chi connectivity index (χ0n) is 17.6. The summed E-state index contributed by atoms with van der Waals surface area (Å²) in [5.74, 6) is -0.0352. The Balaban J connectivity index is 1.69. The molecule has 0 spiro atoms. The van der Waals surface area contributed by atoms with E-state index in [-0.39, 0.29) is 13.0 Å². The van der Waals surface area contributed by atoms with Crippen LogP contribution in [0, 0.1) is 0 Å². The van der Waals surface area contributed by atoms with Crippen LogP contribution in [0.15, 0.2) is 48.5 Å². The first-order valence-corrected chi connectivity index (χ1v) is 9.95. The van der Waals surface area contributed by atoms with Gasteiger partial charge in [0.15, 0.2) is 6.61 Å². The van der Waals surface area contributed by atoms with E-state index in [1.807, 2.05) is 6.07 Å². The summed E-state index contributed by atoms with van der Waals surface area (Å²) in [6.07, 6.45) is -0.708. The number of alkyl carbamates (subject to hydrolysis) is 1. The highest BCUT2D eigenvalue weighted by Crippen LogP contribution is 2.29. The minimum Gasteiger partial charge on any atom is -0.456 e. The van der Waals surface area contributed by atoms with Crippen molar-refractivity contribution < 1.29 is 28.6 Å². The van der Waals surface area contributed by atoms with Gasteiger partial charge in [-0.25, -0.2) is 4.79 Å². The number of hydrogen-bond acceptors (Lipinski definition) is 6. The first-order chi connectivity index (χ1) is 14.6. The van der Waals surface area contributed by atoms with E-state index in [9.17, 15) is 14.4 Å². The van der Waals surface area contributed by atoms with Crippen molar-refractivity contribution in [2.24, 2.45) is 0 Å². The third-order valence-corrected chi connectivity index (χ3v) is 3.88. The quantitative estimate of drug-likeness (QED) is 0.575. The van der Waals surface area contributed by atoms with Crippen molar-refractivity contribution in [2.75, 3.05) is 18.5 Å². The summed E-state index contributed by atoms with van der Waals surface area (Å²) in [7, 11) is 0. The Kier molecular flexibility index (Phi) is 8.69. The number of carbonyl (C=O) groups is 3.